The Bertz CT molecular complexity index is 1500. The molecule has 192 valence electrons. The number of aromatic carboxylic acids is 1. The van der Waals surface area contributed by atoms with Gasteiger partial charge in [-0.25, -0.2) is 4.79 Å². The van der Waals surface area contributed by atoms with Gasteiger partial charge in [0, 0.05) is 11.6 Å². The van der Waals surface area contributed by atoms with E-state index in [-0.39, 0.29) is 29.4 Å². The highest BCUT2D eigenvalue weighted by Gasteiger charge is 2.30. The van der Waals surface area contributed by atoms with Crippen LogP contribution in [0, 0.1) is 0 Å². The molecule has 37 heavy (non-hydrogen) atoms. The Labute approximate surface area is 209 Å². The predicted octanol–water partition coefficient (Wildman–Crippen LogP) is 6.03. The average molecular weight is 512 g/mol. The van der Waals surface area contributed by atoms with Crippen LogP contribution in [0.1, 0.15) is 65.2 Å². The summed E-state index contributed by atoms with van der Waals surface area (Å²) < 4.78 is 45.7. The second kappa shape index (κ2) is 9.76. The summed E-state index contributed by atoms with van der Waals surface area (Å²) in [5, 5.41) is 13.3. The molecule has 2 N–H and O–H groups in total. The van der Waals surface area contributed by atoms with Gasteiger partial charge in [-0.1, -0.05) is 31.4 Å². The minimum absolute atomic E-state index is 0.0196. The number of carboxylic acids is 1. The molecule has 1 aliphatic rings. The number of alkyl halides is 3. The van der Waals surface area contributed by atoms with Crippen LogP contribution in [-0.2, 0) is 12.8 Å². The van der Waals surface area contributed by atoms with Gasteiger partial charge in [0.1, 0.15) is 18.0 Å². The van der Waals surface area contributed by atoms with Crippen molar-refractivity contribution in [3.8, 4) is 17.0 Å². The van der Waals surface area contributed by atoms with Crippen molar-refractivity contribution in [2.45, 2.75) is 50.8 Å². The fourth-order valence-corrected chi connectivity index (χ4v) is 4.87. The number of carbonyl (C=O) groups is 1. The fraction of sp³-hybridized carbons (Fsp3) is 0.296. The van der Waals surface area contributed by atoms with Gasteiger partial charge in [0.2, 0.25) is 0 Å². The van der Waals surface area contributed by atoms with Crippen molar-refractivity contribution in [1.82, 2.24) is 14.6 Å². The van der Waals surface area contributed by atoms with Crippen molar-refractivity contribution in [2.75, 3.05) is 0 Å². The van der Waals surface area contributed by atoms with E-state index >= 15 is 0 Å². The van der Waals surface area contributed by atoms with Crippen molar-refractivity contribution < 1.29 is 27.8 Å². The van der Waals surface area contributed by atoms with Gasteiger partial charge < -0.3 is 14.8 Å². The van der Waals surface area contributed by atoms with Crippen LogP contribution in [0.5, 0.6) is 5.75 Å². The summed E-state index contributed by atoms with van der Waals surface area (Å²) in [5.74, 6) is -0.743. The highest BCUT2D eigenvalue weighted by Crippen LogP contribution is 2.36. The van der Waals surface area contributed by atoms with Gasteiger partial charge in [-0.15, -0.1) is 0 Å². The zero-order valence-electron chi connectivity index (χ0n) is 19.7. The molecular weight excluding hydrogens is 487 g/mol. The Morgan fingerprint density at radius 1 is 1.08 bits per heavy atom. The van der Waals surface area contributed by atoms with Crippen LogP contribution >= 0.6 is 0 Å². The largest absolute Gasteiger partial charge is 0.489 e. The Hall–Kier alpha value is -4.08. The molecule has 0 spiro atoms. The maximum absolute atomic E-state index is 13.5. The predicted molar refractivity (Wildman–Crippen MR) is 130 cm³/mol. The van der Waals surface area contributed by atoms with E-state index in [9.17, 15) is 27.9 Å². The minimum atomic E-state index is -4.42. The van der Waals surface area contributed by atoms with Crippen LogP contribution in [0.4, 0.5) is 13.2 Å². The molecule has 0 unspecified atom stereocenters. The fourth-order valence-electron chi connectivity index (χ4n) is 4.87. The number of nitrogens with one attached hydrogen (secondary N) is 1. The third-order valence-corrected chi connectivity index (χ3v) is 6.69. The minimum Gasteiger partial charge on any atom is -0.489 e. The Morgan fingerprint density at radius 2 is 1.81 bits per heavy atom. The number of ether oxygens (including phenoxy) is 1. The zero-order valence-corrected chi connectivity index (χ0v) is 19.7. The van der Waals surface area contributed by atoms with Crippen LogP contribution in [0.25, 0.3) is 16.9 Å². The summed E-state index contributed by atoms with van der Waals surface area (Å²) in [6.07, 6.45) is 0.397. The lowest BCUT2D eigenvalue weighted by atomic mass is 9.83. The SMILES string of the molecule is O=C(O)c1cc2[nH]c(-c3ccc(OCc4cccc(C(F)(F)F)c4)cc3)c(C3CCCCC3)c(=O)n2n1. The number of fused-ring (bicyclic) bond motifs is 1. The number of hydrogen-bond acceptors (Lipinski definition) is 4. The van der Waals surface area contributed by atoms with E-state index in [4.69, 9.17) is 4.74 Å². The molecule has 1 saturated carbocycles. The lowest BCUT2D eigenvalue weighted by molar-refractivity contribution is -0.137. The van der Waals surface area contributed by atoms with Crippen molar-refractivity contribution in [2.24, 2.45) is 0 Å². The van der Waals surface area contributed by atoms with Crippen molar-refractivity contribution in [3.63, 3.8) is 0 Å². The number of carboxylic acid groups (broad SMARTS) is 1. The van der Waals surface area contributed by atoms with Gasteiger partial charge in [0.25, 0.3) is 5.56 Å². The van der Waals surface area contributed by atoms with E-state index in [2.05, 4.69) is 10.1 Å². The molecule has 0 bridgehead atoms. The summed E-state index contributed by atoms with van der Waals surface area (Å²) in [6.45, 7) is -0.0346. The molecule has 0 atom stereocenters. The molecule has 4 aromatic rings. The Morgan fingerprint density at radius 3 is 2.49 bits per heavy atom. The smallest absolute Gasteiger partial charge is 0.416 e. The van der Waals surface area contributed by atoms with Crippen molar-refractivity contribution in [3.05, 3.63) is 87.3 Å². The molecule has 0 saturated heterocycles. The first-order valence-corrected chi connectivity index (χ1v) is 12.0. The molecule has 1 fully saturated rings. The van der Waals surface area contributed by atoms with Gasteiger partial charge in [-0.2, -0.15) is 22.8 Å². The van der Waals surface area contributed by atoms with E-state index < -0.39 is 17.7 Å². The highest BCUT2D eigenvalue weighted by atomic mass is 19.4. The second-order valence-electron chi connectivity index (χ2n) is 9.20. The second-order valence-corrected chi connectivity index (χ2v) is 9.20. The first kappa shape index (κ1) is 24.6. The topological polar surface area (TPSA) is 96.7 Å². The number of nitrogens with zero attached hydrogens (tertiary/aromatic N) is 2. The van der Waals surface area contributed by atoms with Crippen LogP contribution in [0.15, 0.2) is 59.4 Å². The molecule has 10 heteroatoms. The number of hydrogen-bond donors (Lipinski definition) is 2. The number of aromatic nitrogens is 3. The monoisotopic (exact) mass is 511 g/mol. The van der Waals surface area contributed by atoms with E-state index in [1.165, 1.54) is 12.1 Å². The molecule has 5 rings (SSSR count). The molecule has 7 nitrogen and oxygen atoms in total. The molecule has 2 aromatic heterocycles. The number of benzene rings is 2. The normalized spacial score (nSPS) is 14.7. The van der Waals surface area contributed by atoms with E-state index in [1.54, 1.807) is 30.3 Å². The Kier molecular flexibility index (Phi) is 6.49. The van der Waals surface area contributed by atoms with E-state index in [0.717, 1.165) is 48.8 Å². The van der Waals surface area contributed by atoms with Gasteiger partial charge >= 0.3 is 12.1 Å². The molecule has 0 aliphatic heterocycles. The summed E-state index contributed by atoms with van der Waals surface area (Å²) in [4.78, 5) is 28.1. The van der Waals surface area contributed by atoms with Gasteiger partial charge in [0.15, 0.2) is 5.69 Å². The van der Waals surface area contributed by atoms with E-state index in [0.29, 0.717) is 28.1 Å². The molecule has 1 aliphatic carbocycles. The molecule has 0 amide bonds. The molecule has 0 radical (unpaired) electrons. The number of aromatic amines is 1. The first-order valence-electron chi connectivity index (χ1n) is 12.0. The standard InChI is InChI=1S/C27H24F3N3O4/c28-27(29,30)19-8-4-5-16(13-19)15-37-20-11-9-18(10-12-20)24-23(17-6-2-1-3-7-17)25(34)33-22(31-24)14-21(32-33)26(35)36/h4-5,8-14,17,31H,1-3,6-7,15H2,(H,35,36). The van der Waals surface area contributed by atoms with Crippen LogP contribution in [0.2, 0.25) is 0 Å². The van der Waals surface area contributed by atoms with Crippen LogP contribution < -0.4 is 10.3 Å². The third-order valence-electron chi connectivity index (χ3n) is 6.69. The van der Waals surface area contributed by atoms with Gasteiger partial charge in [-0.05, 0) is 66.3 Å². The third kappa shape index (κ3) is 5.09. The number of rotatable bonds is 6. The summed E-state index contributed by atoms with van der Waals surface area (Å²) >= 11 is 0. The maximum Gasteiger partial charge on any atom is 0.416 e. The number of halogens is 3. The zero-order chi connectivity index (χ0) is 26.2. The van der Waals surface area contributed by atoms with E-state index in [1.807, 2.05) is 0 Å². The first-order chi connectivity index (χ1) is 17.7. The van der Waals surface area contributed by atoms with Crippen molar-refractivity contribution >= 4 is 11.6 Å². The molecule has 2 aromatic carbocycles. The average Bonchev–Trinajstić information content (AvgIpc) is 3.33. The summed E-state index contributed by atoms with van der Waals surface area (Å²) in [5.41, 5.74) is 1.26. The molecular formula is C27H24F3N3O4. The quantitative estimate of drug-likeness (QED) is 0.329. The summed E-state index contributed by atoms with van der Waals surface area (Å²) in [7, 11) is 0. The maximum atomic E-state index is 13.5. The van der Waals surface area contributed by atoms with Crippen molar-refractivity contribution in [1.29, 1.82) is 0 Å². The lowest BCUT2D eigenvalue weighted by Gasteiger charge is -2.23. The number of H-pyrrole nitrogens is 1. The van der Waals surface area contributed by atoms with Crippen LogP contribution in [0.3, 0.4) is 0 Å². The highest BCUT2D eigenvalue weighted by molar-refractivity contribution is 5.86. The van der Waals surface area contributed by atoms with Gasteiger partial charge in [-0.3, -0.25) is 4.79 Å². The Balaban J connectivity index is 1.46. The molecule has 2 heterocycles. The van der Waals surface area contributed by atoms with Gasteiger partial charge in [0.05, 0.1) is 11.3 Å². The lowest BCUT2D eigenvalue weighted by Crippen LogP contribution is -2.25. The van der Waals surface area contributed by atoms with Crippen LogP contribution in [-0.4, -0.2) is 25.7 Å². The summed E-state index contributed by atoms with van der Waals surface area (Å²) in [6, 6.07) is 13.2.